The molecule has 1 amide bonds. The minimum absolute atomic E-state index is 0.0434. The number of H-pyrrole nitrogens is 1. The molecule has 0 radical (unpaired) electrons. The summed E-state index contributed by atoms with van der Waals surface area (Å²) in [4.78, 5) is 29.7. The highest BCUT2D eigenvalue weighted by Crippen LogP contribution is 2.44. The molecule has 9 nitrogen and oxygen atoms in total. The van der Waals surface area contributed by atoms with Crippen LogP contribution in [0.2, 0.25) is 0 Å². The molecule has 4 N–H and O–H groups in total. The van der Waals surface area contributed by atoms with Crippen molar-refractivity contribution < 1.29 is 14.3 Å². The van der Waals surface area contributed by atoms with E-state index >= 15 is 0 Å². The molecule has 0 spiro atoms. The normalized spacial score (nSPS) is 18.6. The summed E-state index contributed by atoms with van der Waals surface area (Å²) >= 11 is 0. The fraction of sp³-hybridized carbons (Fsp3) is 0.267. The van der Waals surface area contributed by atoms with E-state index in [4.69, 9.17) is 20.2 Å². The van der Waals surface area contributed by atoms with Crippen LogP contribution in [0.3, 0.4) is 0 Å². The van der Waals surface area contributed by atoms with Gasteiger partial charge >= 0.3 is 0 Å². The van der Waals surface area contributed by atoms with Gasteiger partial charge in [0.25, 0.3) is 5.91 Å². The van der Waals surface area contributed by atoms with Gasteiger partial charge in [-0.05, 0) is 54.8 Å². The molecule has 2 atom stereocenters. The summed E-state index contributed by atoms with van der Waals surface area (Å²) in [6.07, 6.45) is 4.55. The number of nitrogens with zero attached hydrogens (tertiary/aromatic N) is 3. The number of hydrogen-bond donors (Lipinski definition) is 3. The Labute approximate surface area is 226 Å². The van der Waals surface area contributed by atoms with Crippen LogP contribution in [0.15, 0.2) is 70.6 Å². The number of para-hydroxylation sites is 2. The lowest BCUT2D eigenvalue weighted by atomic mass is 9.75. The van der Waals surface area contributed by atoms with E-state index in [-0.39, 0.29) is 17.9 Å². The zero-order chi connectivity index (χ0) is 26.9. The third-order valence-electron chi connectivity index (χ3n) is 7.50. The largest absolute Gasteiger partial charge is 0.493 e. The number of methoxy groups -OCH3 is 2. The highest BCUT2D eigenvalue weighted by Gasteiger charge is 2.34. The second kappa shape index (κ2) is 10.2. The Hall–Kier alpha value is -4.66. The first-order valence-corrected chi connectivity index (χ1v) is 13.1. The topological polar surface area (TPSA) is 127 Å². The van der Waals surface area contributed by atoms with E-state index in [1.807, 2.05) is 42.5 Å². The molecule has 0 bridgehead atoms. The van der Waals surface area contributed by atoms with Gasteiger partial charge in [0.05, 0.1) is 37.0 Å². The van der Waals surface area contributed by atoms with Crippen LogP contribution in [0.5, 0.6) is 11.5 Å². The highest BCUT2D eigenvalue weighted by atomic mass is 16.5. The monoisotopic (exact) mass is 522 g/mol. The Morgan fingerprint density at radius 3 is 2.54 bits per heavy atom. The van der Waals surface area contributed by atoms with Crippen molar-refractivity contribution in [2.75, 3.05) is 14.2 Å². The average Bonchev–Trinajstić information content (AvgIpc) is 3.38. The predicted octanol–water partition coefficient (Wildman–Crippen LogP) is 4.83. The van der Waals surface area contributed by atoms with E-state index in [2.05, 4.69) is 26.3 Å². The van der Waals surface area contributed by atoms with Crippen molar-refractivity contribution in [1.82, 2.24) is 15.3 Å². The maximum absolute atomic E-state index is 12.9. The van der Waals surface area contributed by atoms with Gasteiger partial charge in [-0.1, -0.05) is 37.1 Å². The minimum atomic E-state index is -0.358. The molecule has 1 aromatic heterocycles. The third kappa shape index (κ3) is 4.71. The fourth-order valence-electron chi connectivity index (χ4n) is 5.60. The van der Waals surface area contributed by atoms with Crippen LogP contribution in [0.1, 0.15) is 58.6 Å². The van der Waals surface area contributed by atoms with E-state index in [1.54, 1.807) is 26.4 Å². The molecule has 6 rings (SSSR count). The second-order valence-electron chi connectivity index (χ2n) is 9.84. The molecule has 39 heavy (non-hydrogen) atoms. The molecule has 1 aliphatic carbocycles. The lowest BCUT2D eigenvalue weighted by Gasteiger charge is -2.35. The first-order chi connectivity index (χ1) is 19.0. The van der Waals surface area contributed by atoms with Crippen LogP contribution in [0, 0.1) is 0 Å². The van der Waals surface area contributed by atoms with Crippen molar-refractivity contribution in [3.8, 4) is 11.5 Å². The van der Waals surface area contributed by atoms with Crippen molar-refractivity contribution in [2.45, 2.75) is 37.6 Å². The standard InChI is InChI=1S/C30H30N6O3/c1-38-25-15-20-19-7-3-4-8-22(19)32-27(21(20)16-26(25)39-2)17-11-13-18(14-12-17)28(37)35-29(31)36-30-33-23-9-5-6-10-24(23)34-30/h5-6,9-16,19,22H,3-4,7-8H2,1-2H3,(H4,31,33,34,35,36,37)/t19-,22-/m1/s1. The number of guanidine groups is 1. The maximum Gasteiger partial charge on any atom is 0.257 e. The Balaban J connectivity index is 1.26. The number of imidazole rings is 1. The summed E-state index contributed by atoms with van der Waals surface area (Å²) in [5.74, 6) is 1.70. The number of amides is 1. The van der Waals surface area contributed by atoms with Crippen LogP contribution in [0.25, 0.3) is 11.0 Å². The second-order valence-corrected chi connectivity index (χ2v) is 9.84. The number of nitrogens with two attached hydrogens (primary N) is 1. The number of hydrogen-bond acceptors (Lipinski definition) is 6. The summed E-state index contributed by atoms with van der Waals surface area (Å²) in [5.41, 5.74) is 12.2. The first kappa shape index (κ1) is 24.7. The summed E-state index contributed by atoms with van der Waals surface area (Å²) in [6.45, 7) is 0. The number of nitrogens with one attached hydrogen (secondary N) is 2. The molecular formula is C30H30N6O3. The van der Waals surface area contributed by atoms with Crippen LogP contribution in [-0.4, -0.2) is 47.8 Å². The van der Waals surface area contributed by atoms with Gasteiger partial charge in [0, 0.05) is 22.6 Å². The van der Waals surface area contributed by atoms with E-state index in [0.717, 1.165) is 46.5 Å². The molecule has 3 aromatic carbocycles. The smallest absolute Gasteiger partial charge is 0.257 e. The van der Waals surface area contributed by atoms with Gasteiger partial charge < -0.3 is 20.2 Å². The number of carbonyl (C=O) groups excluding carboxylic acids is 1. The number of ether oxygens (including phenoxy) is 2. The first-order valence-electron chi connectivity index (χ1n) is 13.1. The van der Waals surface area contributed by atoms with Gasteiger partial charge in [-0.2, -0.15) is 4.99 Å². The summed E-state index contributed by atoms with van der Waals surface area (Å²) in [7, 11) is 3.31. The summed E-state index contributed by atoms with van der Waals surface area (Å²) in [6, 6.07) is 19.3. The number of aromatic amines is 1. The van der Waals surface area contributed by atoms with Gasteiger partial charge in [0.15, 0.2) is 11.5 Å². The number of fused-ring (bicyclic) bond motifs is 4. The van der Waals surface area contributed by atoms with Gasteiger partial charge in [-0.15, -0.1) is 0 Å². The number of rotatable bonds is 5. The average molecular weight is 523 g/mol. The zero-order valence-electron chi connectivity index (χ0n) is 21.9. The van der Waals surface area contributed by atoms with Crippen LogP contribution in [-0.2, 0) is 0 Å². The quantitative estimate of drug-likeness (QED) is 0.256. The Bertz CT molecular complexity index is 1570. The van der Waals surface area contributed by atoms with Gasteiger partial charge in [0.1, 0.15) is 0 Å². The minimum Gasteiger partial charge on any atom is -0.493 e. The molecule has 1 aliphatic heterocycles. The van der Waals surface area contributed by atoms with Gasteiger partial charge in [-0.3, -0.25) is 15.1 Å². The highest BCUT2D eigenvalue weighted by molar-refractivity contribution is 6.15. The van der Waals surface area contributed by atoms with Crippen LogP contribution < -0.4 is 20.5 Å². The number of aromatic nitrogens is 2. The van der Waals surface area contributed by atoms with Crippen LogP contribution >= 0.6 is 0 Å². The predicted molar refractivity (Wildman–Crippen MR) is 151 cm³/mol. The molecule has 2 aliphatic rings. The van der Waals surface area contributed by atoms with Crippen molar-refractivity contribution in [2.24, 2.45) is 15.7 Å². The van der Waals surface area contributed by atoms with E-state index in [1.165, 1.54) is 18.4 Å². The maximum atomic E-state index is 12.9. The van der Waals surface area contributed by atoms with E-state index in [9.17, 15) is 4.79 Å². The van der Waals surface area contributed by atoms with Gasteiger partial charge in [-0.25, -0.2) is 4.98 Å². The van der Waals surface area contributed by atoms with Crippen molar-refractivity contribution >= 4 is 34.6 Å². The summed E-state index contributed by atoms with van der Waals surface area (Å²) < 4.78 is 11.2. The molecule has 0 saturated heterocycles. The van der Waals surface area contributed by atoms with Gasteiger partial charge in [0.2, 0.25) is 11.9 Å². The van der Waals surface area contributed by atoms with E-state index < -0.39 is 0 Å². The molecule has 2 heterocycles. The lowest BCUT2D eigenvalue weighted by molar-refractivity contribution is 0.0976. The number of benzene rings is 3. The molecular weight excluding hydrogens is 492 g/mol. The molecule has 0 unspecified atom stereocenters. The van der Waals surface area contributed by atoms with Crippen molar-refractivity contribution in [3.63, 3.8) is 0 Å². The fourth-order valence-corrected chi connectivity index (χ4v) is 5.60. The summed E-state index contributed by atoms with van der Waals surface area (Å²) in [5, 5.41) is 2.64. The Morgan fingerprint density at radius 1 is 1.03 bits per heavy atom. The third-order valence-corrected chi connectivity index (χ3v) is 7.50. The molecule has 1 saturated carbocycles. The number of carbonyl (C=O) groups is 1. The van der Waals surface area contributed by atoms with Crippen molar-refractivity contribution in [1.29, 1.82) is 0 Å². The lowest BCUT2D eigenvalue weighted by Crippen LogP contribution is -2.36. The van der Waals surface area contributed by atoms with Crippen LogP contribution in [0.4, 0.5) is 5.95 Å². The van der Waals surface area contributed by atoms with Crippen molar-refractivity contribution in [3.05, 3.63) is 82.9 Å². The molecule has 198 valence electrons. The molecule has 4 aromatic rings. The molecule has 9 heteroatoms. The zero-order valence-corrected chi connectivity index (χ0v) is 21.9. The number of aliphatic imine (C=N–C) groups is 2. The van der Waals surface area contributed by atoms with E-state index in [0.29, 0.717) is 23.2 Å². The SMILES string of the molecule is COc1cc2c(cc1OC)[C@H]1CCCC[C@H]1N=C2c1ccc(C(=O)NC(N)=Nc2nc3ccccc3[nH]2)cc1. The Kier molecular flexibility index (Phi) is 6.48. The Morgan fingerprint density at radius 2 is 1.77 bits per heavy atom. The molecule has 1 fully saturated rings.